The molecule has 1 heterocycles. The van der Waals surface area contributed by atoms with Crippen LogP contribution in [0.2, 0.25) is 19.6 Å². The SMILES string of the molecule is C=CCN1C(=O)[C@H](Oc2ccccc2)[C@@H]1[C@@H](C=O)O[Si](C)(C)C. The normalized spacial score (nSPS) is 22.2. The van der Waals surface area contributed by atoms with Gasteiger partial charge in [-0.3, -0.25) is 4.79 Å². The first-order valence-electron chi connectivity index (χ1n) is 7.63. The number of β-lactam (4-membered cyclic amide) rings is 1. The predicted molar refractivity (Wildman–Crippen MR) is 90.8 cm³/mol. The van der Waals surface area contributed by atoms with Gasteiger partial charge in [0, 0.05) is 6.54 Å². The third kappa shape index (κ3) is 4.08. The second-order valence-electron chi connectivity index (χ2n) is 6.45. The fraction of sp³-hybridized carbons (Fsp3) is 0.412. The highest BCUT2D eigenvalue weighted by Gasteiger charge is 2.53. The van der Waals surface area contributed by atoms with Crippen LogP contribution in [0, 0.1) is 0 Å². The lowest BCUT2D eigenvalue weighted by molar-refractivity contribution is -0.170. The summed E-state index contributed by atoms with van der Waals surface area (Å²) in [6, 6.07) is 8.70. The summed E-state index contributed by atoms with van der Waals surface area (Å²) in [4.78, 5) is 25.5. The zero-order valence-corrected chi connectivity index (χ0v) is 14.8. The number of rotatable bonds is 8. The number of carbonyl (C=O) groups excluding carboxylic acids is 2. The topological polar surface area (TPSA) is 55.8 Å². The molecule has 124 valence electrons. The van der Waals surface area contributed by atoms with Crippen molar-refractivity contribution in [3.63, 3.8) is 0 Å². The van der Waals surface area contributed by atoms with Crippen LogP contribution < -0.4 is 4.74 Å². The third-order valence-corrected chi connectivity index (χ3v) is 4.47. The maximum atomic E-state index is 12.3. The number of hydrogen-bond acceptors (Lipinski definition) is 4. The van der Waals surface area contributed by atoms with Crippen LogP contribution in [0.1, 0.15) is 0 Å². The van der Waals surface area contributed by atoms with E-state index in [1.54, 1.807) is 23.1 Å². The molecule has 1 amide bonds. The summed E-state index contributed by atoms with van der Waals surface area (Å²) in [5, 5.41) is 0. The summed E-state index contributed by atoms with van der Waals surface area (Å²) in [5.41, 5.74) is 0. The molecule has 5 nitrogen and oxygen atoms in total. The summed E-state index contributed by atoms with van der Waals surface area (Å²) in [5.74, 6) is 0.455. The smallest absolute Gasteiger partial charge is 0.266 e. The van der Waals surface area contributed by atoms with Crippen LogP contribution in [0.15, 0.2) is 43.0 Å². The Labute approximate surface area is 138 Å². The average Bonchev–Trinajstić information content (AvgIpc) is 2.51. The largest absolute Gasteiger partial charge is 0.478 e. The summed E-state index contributed by atoms with van der Waals surface area (Å²) >= 11 is 0. The molecule has 0 saturated carbocycles. The first-order chi connectivity index (χ1) is 10.9. The summed E-state index contributed by atoms with van der Waals surface area (Å²) in [6.07, 6.45) is 1.02. The second kappa shape index (κ2) is 7.10. The number of hydrogen-bond donors (Lipinski definition) is 0. The van der Waals surface area contributed by atoms with Crippen molar-refractivity contribution < 1.29 is 18.8 Å². The molecule has 0 N–H and O–H groups in total. The maximum Gasteiger partial charge on any atom is 0.266 e. The quantitative estimate of drug-likeness (QED) is 0.317. The highest BCUT2D eigenvalue weighted by atomic mass is 28.4. The van der Waals surface area contributed by atoms with E-state index in [4.69, 9.17) is 9.16 Å². The molecule has 3 atom stereocenters. The van der Waals surface area contributed by atoms with Gasteiger partial charge in [-0.05, 0) is 31.8 Å². The fourth-order valence-electron chi connectivity index (χ4n) is 2.59. The molecule has 1 saturated heterocycles. The van der Waals surface area contributed by atoms with Crippen molar-refractivity contribution in [2.75, 3.05) is 6.54 Å². The van der Waals surface area contributed by atoms with Crippen molar-refractivity contribution in [2.24, 2.45) is 0 Å². The zero-order chi connectivity index (χ0) is 17.0. The van der Waals surface area contributed by atoms with Crippen molar-refractivity contribution in [3.8, 4) is 5.75 Å². The Morgan fingerprint density at radius 2 is 1.96 bits per heavy atom. The van der Waals surface area contributed by atoms with E-state index in [-0.39, 0.29) is 5.91 Å². The van der Waals surface area contributed by atoms with E-state index < -0.39 is 26.6 Å². The monoisotopic (exact) mass is 333 g/mol. The molecule has 0 aromatic heterocycles. The van der Waals surface area contributed by atoms with Crippen LogP contribution in [0.4, 0.5) is 0 Å². The molecule has 23 heavy (non-hydrogen) atoms. The van der Waals surface area contributed by atoms with Crippen LogP contribution in [0.5, 0.6) is 5.75 Å². The lowest BCUT2D eigenvalue weighted by Gasteiger charge is -2.48. The Balaban J connectivity index is 2.20. The lowest BCUT2D eigenvalue weighted by Crippen LogP contribution is -2.72. The summed E-state index contributed by atoms with van der Waals surface area (Å²) in [6.45, 7) is 10.1. The fourth-order valence-corrected chi connectivity index (χ4v) is 3.60. The molecule has 0 radical (unpaired) electrons. The summed E-state index contributed by atoms with van der Waals surface area (Å²) < 4.78 is 11.7. The first-order valence-corrected chi connectivity index (χ1v) is 11.0. The van der Waals surface area contributed by atoms with E-state index in [9.17, 15) is 9.59 Å². The highest BCUT2D eigenvalue weighted by Crippen LogP contribution is 2.29. The predicted octanol–water partition coefficient (Wildman–Crippen LogP) is 2.25. The van der Waals surface area contributed by atoms with E-state index >= 15 is 0 Å². The van der Waals surface area contributed by atoms with Gasteiger partial charge < -0.3 is 18.9 Å². The van der Waals surface area contributed by atoms with Crippen molar-refractivity contribution in [2.45, 2.75) is 37.9 Å². The van der Waals surface area contributed by atoms with E-state index in [1.165, 1.54) is 0 Å². The van der Waals surface area contributed by atoms with E-state index in [1.807, 2.05) is 37.8 Å². The minimum Gasteiger partial charge on any atom is -0.478 e. The molecule has 1 aliphatic heterocycles. The van der Waals surface area contributed by atoms with Crippen molar-refractivity contribution in [1.29, 1.82) is 0 Å². The van der Waals surface area contributed by atoms with E-state index in [0.29, 0.717) is 12.3 Å². The Morgan fingerprint density at radius 3 is 2.48 bits per heavy atom. The molecule has 1 aromatic carbocycles. The van der Waals surface area contributed by atoms with Crippen LogP contribution in [0.3, 0.4) is 0 Å². The molecule has 0 bridgehead atoms. The summed E-state index contributed by atoms with van der Waals surface area (Å²) in [7, 11) is -1.93. The van der Waals surface area contributed by atoms with E-state index in [0.717, 1.165) is 6.29 Å². The molecule has 1 fully saturated rings. The average molecular weight is 333 g/mol. The van der Waals surface area contributed by atoms with Gasteiger partial charge in [0.15, 0.2) is 14.4 Å². The first kappa shape index (κ1) is 17.4. The van der Waals surface area contributed by atoms with Gasteiger partial charge in [0.1, 0.15) is 24.2 Å². The van der Waals surface area contributed by atoms with Crippen LogP contribution in [-0.4, -0.2) is 50.2 Å². The van der Waals surface area contributed by atoms with Gasteiger partial charge in [0.2, 0.25) is 0 Å². The second-order valence-corrected chi connectivity index (χ2v) is 10.9. The van der Waals surface area contributed by atoms with Crippen LogP contribution in [-0.2, 0) is 14.0 Å². The Hall–Kier alpha value is -1.92. The number of carbonyl (C=O) groups is 2. The van der Waals surface area contributed by atoms with Gasteiger partial charge in [0.05, 0.1) is 0 Å². The Morgan fingerprint density at radius 1 is 1.30 bits per heavy atom. The number of aldehydes is 1. The number of nitrogens with zero attached hydrogens (tertiary/aromatic N) is 1. The Bertz CT molecular complexity index is 570. The standard InChI is InChI=1S/C17H23NO4Si/c1-5-11-18-15(14(12-19)22-23(2,3)4)16(17(18)20)21-13-9-7-6-8-10-13/h5-10,12,14-16H,1,11H2,2-4H3/t14-,15+,16-/m1/s1. The van der Waals surface area contributed by atoms with Gasteiger partial charge in [-0.25, -0.2) is 0 Å². The van der Waals surface area contributed by atoms with E-state index in [2.05, 4.69) is 6.58 Å². The van der Waals surface area contributed by atoms with Crippen molar-refractivity contribution in [3.05, 3.63) is 43.0 Å². The molecule has 1 aliphatic rings. The molecule has 2 rings (SSSR count). The number of benzene rings is 1. The number of likely N-dealkylation sites (tertiary alicyclic amines) is 1. The molecule has 0 aliphatic carbocycles. The molecule has 1 aromatic rings. The molecule has 0 unspecified atom stereocenters. The zero-order valence-electron chi connectivity index (χ0n) is 13.8. The molecular weight excluding hydrogens is 310 g/mol. The molecule has 0 spiro atoms. The maximum absolute atomic E-state index is 12.3. The van der Waals surface area contributed by atoms with Crippen molar-refractivity contribution >= 4 is 20.5 Å². The van der Waals surface area contributed by atoms with Gasteiger partial charge in [-0.15, -0.1) is 6.58 Å². The number of amides is 1. The van der Waals surface area contributed by atoms with Crippen LogP contribution >= 0.6 is 0 Å². The minimum atomic E-state index is -1.93. The van der Waals surface area contributed by atoms with Crippen LogP contribution in [0.25, 0.3) is 0 Å². The lowest BCUT2D eigenvalue weighted by atomic mass is 9.93. The van der Waals surface area contributed by atoms with Gasteiger partial charge >= 0.3 is 0 Å². The van der Waals surface area contributed by atoms with Crippen molar-refractivity contribution in [1.82, 2.24) is 4.90 Å². The molecular formula is C17H23NO4Si. The number of para-hydroxylation sites is 1. The van der Waals surface area contributed by atoms with Gasteiger partial charge in [-0.1, -0.05) is 24.3 Å². The highest BCUT2D eigenvalue weighted by molar-refractivity contribution is 6.69. The minimum absolute atomic E-state index is 0.148. The molecule has 6 heteroatoms. The van der Waals surface area contributed by atoms with Gasteiger partial charge in [-0.2, -0.15) is 0 Å². The Kier molecular flexibility index (Phi) is 5.38. The van der Waals surface area contributed by atoms with Gasteiger partial charge in [0.25, 0.3) is 5.91 Å². The number of ether oxygens (including phenoxy) is 1. The third-order valence-electron chi connectivity index (χ3n) is 3.49.